The highest BCUT2D eigenvalue weighted by molar-refractivity contribution is 5.23. The van der Waals surface area contributed by atoms with E-state index in [-0.39, 0.29) is 5.54 Å². The minimum atomic E-state index is 0.262. The summed E-state index contributed by atoms with van der Waals surface area (Å²) in [5, 5.41) is 0. The lowest BCUT2D eigenvalue weighted by Gasteiger charge is -2.33. The molecule has 0 N–H and O–H groups in total. The van der Waals surface area contributed by atoms with Crippen LogP contribution in [0.15, 0.2) is 23.4 Å². The molecule has 0 spiro atoms. The Morgan fingerprint density at radius 3 is 2.08 bits per heavy atom. The summed E-state index contributed by atoms with van der Waals surface area (Å²) in [6.07, 6.45) is 1.18. The fourth-order valence-corrected chi connectivity index (χ4v) is 2.06. The van der Waals surface area contributed by atoms with Crippen molar-refractivity contribution in [1.29, 1.82) is 0 Å². The van der Waals surface area contributed by atoms with Gasteiger partial charge in [-0.2, -0.15) is 0 Å². The Balaban J connectivity index is 2.93. The van der Waals surface area contributed by atoms with Crippen molar-refractivity contribution in [2.45, 2.75) is 46.6 Å². The Morgan fingerprint density at radius 2 is 1.85 bits per heavy atom. The zero-order valence-corrected chi connectivity index (χ0v) is 9.57. The molecule has 1 nitrogen and oxygen atoms in total. The smallest absolute Gasteiger partial charge is 0.0394 e. The van der Waals surface area contributed by atoms with Crippen LogP contribution < -0.4 is 0 Å². The fraction of sp³-hybridized carbons (Fsp3) is 0.667. The summed E-state index contributed by atoms with van der Waals surface area (Å²) in [7, 11) is 0. The molecule has 0 bridgehead atoms. The van der Waals surface area contributed by atoms with Crippen LogP contribution >= 0.6 is 0 Å². The van der Waals surface area contributed by atoms with Gasteiger partial charge in [0.15, 0.2) is 0 Å². The molecule has 0 aliphatic carbocycles. The van der Waals surface area contributed by atoms with Gasteiger partial charge in [-0.1, -0.05) is 17.7 Å². The molecule has 74 valence electrons. The van der Waals surface area contributed by atoms with Crippen molar-refractivity contribution in [2.75, 3.05) is 6.54 Å². The fourth-order valence-electron chi connectivity index (χ4n) is 2.06. The van der Waals surface area contributed by atoms with Gasteiger partial charge in [-0.15, -0.1) is 0 Å². The van der Waals surface area contributed by atoms with Crippen LogP contribution in [0, 0.1) is 0 Å². The Hall–Kier alpha value is -0.720. The molecule has 0 aromatic heterocycles. The topological polar surface area (TPSA) is 3.24 Å². The normalized spacial score (nSPS) is 20.7. The number of likely N-dealkylation sites (tertiary alicyclic amines) is 1. The molecular formula is C12H21N. The van der Waals surface area contributed by atoms with Crippen molar-refractivity contribution in [1.82, 2.24) is 4.90 Å². The number of hydrogen-bond acceptors (Lipinski definition) is 1. The maximum absolute atomic E-state index is 4.03. The molecule has 0 saturated carbocycles. The third kappa shape index (κ3) is 1.96. The van der Waals surface area contributed by atoms with Gasteiger partial charge in [0.2, 0.25) is 0 Å². The highest BCUT2D eigenvalue weighted by Gasteiger charge is 2.34. The first-order valence-corrected chi connectivity index (χ1v) is 4.93. The van der Waals surface area contributed by atoms with Crippen LogP contribution in [0.4, 0.5) is 0 Å². The van der Waals surface area contributed by atoms with Crippen molar-refractivity contribution in [3.05, 3.63) is 23.4 Å². The summed E-state index contributed by atoms with van der Waals surface area (Å²) in [4.78, 5) is 2.40. The number of hydrogen-bond donors (Lipinski definition) is 0. The summed E-state index contributed by atoms with van der Waals surface area (Å²) in [5.74, 6) is 0. The molecule has 1 rings (SSSR count). The van der Waals surface area contributed by atoms with Gasteiger partial charge in [-0.3, -0.25) is 0 Å². The Morgan fingerprint density at radius 1 is 1.31 bits per heavy atom. The number of rotatable bonds is 1. The summed E-state index contributed by atoms with van der Waals surface area (Å²) >= 11 is 0. The summed E-state index contributed by atoms with van der Waals surface area (Å²) in [6, 6.07) is 0. The van der Waals surface area contributed by atoms with Crippen LogP contribution in [0.3, 0.4) is 0 Å². The molecule has 0 aromatic rings. The van der Waals surface area contributed by atoms with Crippen molar-refractivity contribution in [3.63, 3.8) is 0 Å². The standard InChI is InChI=1S/C12H21N/c1-9(2)11-7-12(5,6)13(8-11)10(3)4/h3,7-8H2,1-2,4-6H3. The molecule has 1 heteroatoms. The maximum atomic E-state index is 4.03. The van der Waals surface area contributed by atoms with E-state index in [9.17, 15) is 0 Å². The summed E-state index contributed by atoms with van der Waals surface area (Å²) in [5.41, 5.74) is 4.49. The third-order valence-corrected chi connectivity index (χ3v) is 2.89. The second-order valence-electron chi connectivity index (χ2n) is 4.91. The van der Waals surface area contributed by atoms with E-state index in [1.54, 1.807) is 5.57 Å². The summed E-state index contributed by atoms with van der Waals surface area (Å²) < 4.78 is 0. The lowest BCUT2D eigenvalue weighted by molar-refractivity contribution is 0.229. The molecule has 0 aromatic carbocycles. The van der Waals surface area contributed by atoms with Gasteiger partial charge >= 0.3 is 0 Å². The molecule has 1 fully saturated rings. The maximum Gasteiger partial charge on any atom is 0.0394 e. The lowest BCUT2D eigenvalue weighted by Crippen LogP contribution is -2.36. The van der Waals surface area contributed by atoms with Crippen LogP contribution in [0.25, 0.3) is 0 Å². The molecule has 1 aliphatic rings. The molecule has 0 radical (unpaired) electrons. The second kappa shape index (κ2) is 3.21. The van der Waals surface area contributed by atoms with Crippen molar-refractivity contribution < 1.29 is 0 Å². The molecule has 0 unspecified atom stereocenters. The average molecular weight is 179 g/mol. The van der Waals surface area contributed by atoms with E-state index < -0.39 is 0 Å². The quantitative estimate of drug-likeness (QED) is 0.558. The second-order valence-corrected chi connectivity index (χ2v) is 4.91. The van der Waals surface area contributed by atoms with Crippen LogP contribution in [0.1, 0.15) is 41.0 Å². The largest absolute Gasteiger partial charge is 0.366 e. The Bertz CT molecular complexity index is 254. The van der Waals surface area contributed by atoms with Gasteiger partial charge in [0.05, 0.1) is 0 Å². The SMILES string of the molecule is C=C(C)N1CC(=C(C)C)CC1(C)C. The lowest BCUT2D eigenvalue weighted by atomic mass is 9.98. The van der Waals surface area contributed by atoms with E-state index in [0.29, 0.717) is 0 Å². The van der Waals surface area contributed by atoms with Crippen LogP contribution in [0.2, 0.25) is 0 Å². The molecule has 1 aliphatic heterocycles. The first-order valence-electron chi connectivity index (χ1n) is 4.93. The Kier molecular flexibility index (Phi) is 2.56. The highest BCUT2D eigenvalue weighted by Crippen LogP contribution is 2.35. The van der Waals surface area contributed by atoms with E-state index in [4.69, 9.17) is 0 Å². The van der Waals surface area contributed by atoms with Crippen molar-refractivity contribution in [3.8, 4) is 0 Å². The minimum absolute atomic E-state index is 0.262. The zero-order chi connectivity index (χ0) is 10.2. The van der Waals surface area contributed by atoms with E-state index in [1.165, 1.54) is 17.7 Å². The van der Waals surface area contributed by atoms with Gasteiger partial charge in [0.25, 0.3) is 0 Å². The van der Waals surface area contributed by atoms with E-state index in [0.717, 1.165) is 6.54 Å². The molecule has 1 heterocycles. The monoisotopic (exact) mass is 179 g/mol. The predicted molar refractivity (Wildman–Crippen MR) is 58.6 cm³/mol. The third-order valence-electron chi connectivity index (χ3n) is 2.89. The first kappa shape index (κ1) is 10.4. The summed E-state index contributed by atoms with van der Waals surface area (Å²) in [6.45, 7) is 16.2. The molecule has 0 atom stereocenters. The number of nitrogens with zero attached hydrogens (tertiary/aromatic N) is 1. The molecule has 0 amide bonds. The molecule has 13 heavy (non-hydrogen) atoms. The van der Waals surface area contributed by atoms with Crippen LogP contribution in [-0.2, 0) is 0 Å². The van der Waals surface area contributed by atoms with Gasteiger partial charge in [-0.25, -0.2) is 0 Å². The number of allylic oxidation sites excluding steroid dienone is 2. The Labute approximate surface area is 82.1 Å². The first-order chi connectivity index (χ1) is 5.84. The van der Waals surface area contributed by atoms with E-state index in [1.807, 2.05) is 0 Å². The van der Waals surface area contributed by atoms with Crippen LogP contribution in [-0.4, -0.2) is 17.0 Å². The van der Waals surface area contributed by atoms with Crippen molar-refractivity contribution in [2.24, 2.45) is 0 Å². The van der Waals surface area contributed by atoms with E-state index in [2.05, 4.69) is 46.1 Å². The van der Waals surface area contributed by atoms with Gasteiger partial charge in [-0.05, 0) is 41.0 Å². The predicted octanol–water partition coefficient (Wildman–Crippen LogP) is 3.34. The average Bonchev–Trinajstić information content (AvgIpc) is 2.25. The van der Waals surface area contributed by atoms with Gasteiger partial charge < -0.3 is 4.90 Å². The minimum Gasteiger partial charge on any atom is -0.366 e. The van der Waals surface area contributed by atoms with Gasteiger partial charge in [0.1, 0.15) is 0 Å². The molecular weight excluding hydrogens is 158 g/mol. The van der Waals surface area contributed by atoms with Gasteiger partial charge in [0, 0.05) is 17.8 Å². The van der Waals surface area contributed by atoms with E-state index >= 15 is 0 Å². The van der Waals surface area contributed by atoms with Crippen LogP contribution in [0.5, 0.6) is 0 Å². The zero-order valence-electron chi connectivity index (χ0n) is 9.57. The van der Waals surface area contributed by atoms with Crippen molar-refractivity contribution >= 4 is 0 Å². The molecule has 1 saturated heterocycles. The highest BCUT2D eigenvalue weighted by atomic mass is 15.2.